The normalized spacial score (nSPS) is 11.2. The van der Waals surface area contributed by atoms with Crippen LogP contribution in [-0.2, 0) is 25.1 Å². The molecule has 0 atom stereocenters. The van der Waals surface area contributed by atoms with Gasteiger partial charge in [0, 0.05) is 21.8 Å². The van der Waals surface area contributed by atoms with Gasteiger partial charge in [-0.25, -0.2) is 4.39 Å². The average Bonchev–Trinajstić information content (AvgIpc) is 2.69. The Morgan fingerprint density at radius 1 is 1.03 bits per heavy atom. The first kappa shape index (κ1) is 21.0. The van der Waals surface area contributed by atoms with Gasteiger partial charge < -0.3 is 15.0 Å². The van der Waals surface area contributed by atoms with Crippen LogP contribution in [0.15, 0.2) is 30.3 Å². The zero-order chi connectivity index (χ0) is 22.1. The predicted molar refractivity (Wildman–Crippen MR) is 98.8 cm³/mol. The molecule has 0 aliphatic rings. The fourth-order valence-electron chi connectivity index (χ4n) is 3.03. The molecule has 0 aliphatic carbocycles. The van der Waals surface area contributed by atoms with Crippen LogP contribution in [0.4, 0.5) is 23.4 Å². The van der Waals surface area contributed by atoms with Crippen molar-refractivity contribution in [3.05, 3.63) is 47.4 Å². The van der Waals surface area contributed by atoms with Crippen molar-refractivity contribution in [3.8, 4) is 11.1 Å². The van der Waals surface area contributed by atoms with Crippen LogP contribution >= 0.6 is 0 Å². The highest BCUT2D eigenvalue weighted by Gasteiger charge is 2.39. The third-order valence-electron chi connectivity index (χ3n) is 4.37. The summed E-state index contributed by atoms with van der Waals surface area (Å²) in [5.41, 5.74) is 3.33. The van der Waals surface area contributed by atoms with Crippen molar-refractivity contribution in [2.45, 2.75) is 13.1 Å². The van der Waals surface area contributed by atoms with E-state index in [1.54, 1.807) is 6.92 Å². The van der Waals surface area contributed by atoms with Gasteiger partial charge in [0.1, 0.15) is 5.82 Å². The van der Waals surface area contributed by atoms with Crippen LogP contribution in [0.1, 0.15) is 11.3 Å². The quantitative estimate of drug-likeness (QED) is 0.370. The molecule has 0 radical (unpaired) electrons. The molecular weight excluding hydrogens is 409 g/mol. The SMILES string of the molecule is Cc1nnc(N)c2ccc(-c3c(C(F)(F)F)ccc(B(OC=O)OC=O)c3F)cc12. The average molecular weight is 421 g/mol. The number of carbonyl (C=O) groups is 2. The number of aryl methyl sites for hydroxylation is 1. The first-order valence-electron chi connectivity index (χ1n) is 8.29. The summed E-state index contributed by atoms with van der Waals surface area (Å²) < 4.78 is 65.1. The summed E-state index contributed by atoms with van der Waals surface area (Å²) in [5, 5.41) is 8.37. The van der Waals surface area contributed by atoms with Gasteiger partial charge >= 0.3 is 13.3 Å². The van der Waals surface area contributed by atoms with Crippen molar-refractivity contribution in [2.24, 2.45) is 0 Å². The van der Waals surface area contributed by atoms with E-state index in [-0.39, 0.29) is 24.3 Å². The maximum Gasteiger partial charge on any atom is 0.639 e. The highest BCUT2D eigenvalue weighted by Crippen LogP contribution is 2.39. The largest absolute Gasteiger partial charge is 0.639 e. The number of carbonyl (C=O) groups excluding carboxylic acids is 2. The predicted octanol–water partition coefficient (Wildman–Crippen LogP) is 2.39. The minimum Gasteiger partial charge on any atom is -0.498 e. The molecule has 154 valence electrons. The first-order chi connectivity index (χ1) is 14.2. The summed E-state index contributed by atoms with van der Waals surface area (Å²) in [6, 6.07) is 5.28. The first-order valence-corrected chi connectivity index (χ1v) is 8.29. The Morgan fingerprint density at radius 2 is 1.70 bits per heavy atom. The van der Waals surface area contributed by atoms with E-state index in [1.807, 2.05) is 0 Å². The summed E-state index contributed by atoms with van der Waals surface area (Å²) >= 11 is 0. The Labute approximate surface area is 166 Å². The van der Waals surface area contributed by atoms with Crippen molar-refractivity contribution in [1.82, 2.24) is 10.2 Å². The van der Waals surface area contributed by atoms with Crippen molar-refractivity contribution >= 4 is 42.1 Å². The van der Waals surface area contributed by atoms with Crippen LogP contribution in [0.5, 0.6) is 0 Å². The van der Waals surface area contributed by atoms with Gasteiger partial charge in [0.25, 0.3) is 12.9 Å². The van der Waals surface area contributed by atoms with Gasteiger partial charge in [-0.3, -0.25) is 9.59 Å². The summed E-state index contributed by atoms with van der Waals surface area (Å²) in [4.78, 5) is 21.3. The third-order valence-corrected chi connectivity index (χ3v) is 4.37. The van der Waals surface area contributed by atoms with Crippen LogP contribution in [0.2, 0.25) is 0 Å². The van der Waals surface area contributed by atoms with E-state index in [0.717, 1.165) is 6.07 Å². The number of rotatable bonds is 6. The number of nitrogens with zero attached hydrogens (tertiary/aromatic N) is 2. The highest BCUT2D eigenvalue weighted by molar-refractivity contribution is 6.63. The zero-order valence-electron chi connectivity index (χ0n) is 15.2. The van der Waals surface area contributed by atoms with Crippen molar-refractivity contribution in [3.63, 3.8) is 0 Å². The molecule has 2 aromatic carbocycles. The van der Waals surface area contributed by atoms with Gasteiger partial charge in [-0.15, -0.1) is 5.10 Å². The number of anilines is 1. The number of fused-ring (bicyclic) bond motifs is 1. The number of halogens is 4. The van der Waals surface area contributed by atoms with E-state index in [2.05, 4.69) is 19.5 Å². The number of nitrogens with two attached hydrogens (primary N) is 1. The number of aromatic nitrogens is 2. The Balaban J connectivity index is 2.32. The fraction of sp³-hybridized carbons (Fsp3) is 0.111. The minimum absolute atomic E-state index is 0.0613. The van der Waals surface area contributed by atoms with Gasteiger partial charge in [-0.05, 0) is 30.7 Å². The van der Waals surface area contributed by atoms with E-state index in [0.29, 0.717) is 22.5 Å². The minimum atomic E-state index is -4.90. The monoisotopic (exact) mass is 421 g/mol. The lowest BCUT2D eigenvalue weighted by atomic mass is 9.76. The second-order valence-corrected chi connectivity index (χ2v) is 6.12. The van der Waals surface area contributed by atoms with Gasteiger partial charge in [0.15, 0.2) is 5.82 Å². The molecule has 2 N–H and O–H groups in total. The Kier molecular flexibility index (Phi) is 5.59. The van der Waals surface area contributed by atoms with Crippen LogP contribution in [0.25, 0.3) is 21.9 Å². The van der Waals surface area contributed by atoms with E-state index in [9.17, 15) is 22.8 Å². The molecule has 3 rings (SSSR count). The number of hydrogen-bond donors (Lipinski definition) is 1. The van der Waals surface area contributed by atoms with Gasteiger partial charge in [0.05, 0.1) is 11.3 Å². The molecule has 12 heteroatoms. The van der Waals surface area contributed by atoms with Crippen LogP contribution in [0.3, 0.4) is 0 Å². The van der Waals surface area contributed by atoms with Crippen LogP contribution < -0.4 is 11.2 Å². The Hall–Kier alpha value is -3.70. The van der Waals surface area contributed by atoms with Gasteiger partial charge in [0.2, 0.25) is 0 Å². The molecule has 7 nitrogen and oxygen atoms in total. The van der Waals surface area contributed by atoms with Gasteiger partial charge in [-0.1, -0.05) is 12.1 Å². The molecule has 0 saturated heterocycles. The highest BCUT2D eigenvalue weighted by atomic mass is 19.4. The smallest absolute Gasteiger partial charge is 0.498 e. The standard InChI is InChI=1S/C18H12BF4N3O4/c1-9-12-6-10(2-3-11(12)17(24)26-25-9)15-13(18(21,22)23)4-5-14(16(15)20)19(29-7-27)30-8-28/h2-8H,1H3,(H2,24,26). The lowest BCUT2D eigenvalue weighted by Gasteiger charge is -2.18. The zero-order valence-corrected chi connectivity index (χ0v) is 15.2. The Bertz CT molecular complexity index is 1130. The summed E-state index contributed by atoms with van der Waals surface area (Å²) in [7, 11) is -1.86. The van der Waals surface area contributed by atoms with E-state index in [1.165, 1.54) is 18.2 Å². The summed E-state index contributed by atoms with van der Waals surface area (Å²) in [6.07, 6.45) is -4.90. The van der Waals surface area contributed by atoms with Crippen molar-refractivity contribution < 1.29 is 36.5 Å². The van der Waals surface area contributed by atoms with E-state index >= 15 is 4.39 Å². The molecule has 30 heavy (non-hydrogen) atoms. The second-order valence-electron chi connectivity index (χ2n) is 6.12. The number of alkyl halides is 3. The summed E-state index contributed by atoms with van der Waals surface area (Å²) in [5.74, 6) is -1.31. The molecule has 0 saturated carbocycles. The molecule has 1 aromatic heterocycles. The van der Waals surface area contributed by atoms with E-state index in [4.69, 9.17) is 5.73 Å². The molecule has 0 unspecified atom stereocenters. The van der Waals surface area contributed by atoms with Crippen molar-refractivity contribution in [1.29, 1.82) is 0 Å². The molecule has 1 heterocycles. The second kappa shape index (κ2) is 7.97. The van der Waals surface area contributed by atoms with Crippen molar-refractivity contribution in [2.75, 3.05) is 5.73 Å². The molecule has 0 aliphatic heterocycles. The molecule has 0 spiro atoms. The summed E-state index contributed by atoms with van der Waals surface area (Å²) in [6.45, 7) is 1.33. The molecular formula is C18H12BF4N3O4. The Morgan fingerprint density at radius 3 is 2.30 bits per heavy atom. The molecule has 0 bridgehead atoms. The lowest BCUT2D eigenvalue weighted by Crippen LogP contribution is -2.39. The topological polar surface area (TPSA) is 104 Å². The number of hydrogen-bond acceptors (Lipinski definition) is 7. The number of benzene rings is 2. The molecule has 0 fully saturated rings. The molecule has 3 aromatic rings. The van der Waals surface area contributed by atoms with Crippen LogP contribution in [0, 0.1) is 12.7 Å². The van der Waals surface area contributed by atoms with Crippen LogP contribution in [-0.4, -0.2) is 30.3 Å². The maximum absolute atomic E-state index is 15.3. The van der Waals surface area contributed by atoms with E-state index < -0.39 is 35.7 Å². The lowest BCUT2D eigenvalue weighted by molar-refractivity contribution is -0.137. The molecule has 0 amide bonds. The van der Waals surface area contributed by atoms with Gasteiger partial charge in [-0.2, -0.15) is 18.3 Å². The third kappa shape index (κ3) is 3.75. The fourth-order valence-corrected chi connectivity index (χ4v) is 3.03. The number of nitrogen functional groups attached to an aromatic ring is 1. The maximum atomic E-state index is 15.3.